The van der Waals surface area contributed by atoms with Crippen LogP contribution in [-0.4, -0.2) is 90.7 Å². The number of carbonyl (C=O) groups excluding carboxylic acids is 2. The summed E-state index contributed by atoms with van der Waals surface area (Å²) in [5.74, 6) is -0.00115. The van der Waals surface area contributed by atoms with Gasteiger partial charge in [0.2, 0.25) is 0 Å². The lowest BCUT2D eigenvalue weighted by atomic mass is 9.82. The highest BCUT2D eigenvalue weighted by Gasteiger charge is 2.48. The molecule has 0 unspecified atom stereocenters. The van der Waals surface area contributed by atoms with Crippen LogP contribution in [0.3, 0.4) is 0 Å². The van der Waals surface area contributed by atoms with Gasteiger partial charge in [0.15, 0.2) is 12.3 Å². The Morgan fingerprint density at radius 3 is 2.64 bits per heavy atom. The molecule has 2 bridgehead atoms. The molecule has 2 saturated heterocycles. The fourth-order valence-electron chi connectivity index (χ4n) is 6.34. The van der Waals surface area contributed by atoms with Gasteiger partial charge in [-0.2, -0.15) is 0 Å². The molecule has 39 heavy (non-hydrogen) atoms. The molecule has 2 amide bonds. The predicted octanol–water partition coefficient (Wildman–Crippen LogP) is 4.17. The van der Waals surface area contributed by atoms with Gasteiger partial charge in [-0.25, -0.2) is 13.6 Å². The van der Waals surface area contributed by atoms with Crippen LogP contribution in [-0.2, 0) is 14.3 Å². The second-order valence-electron chi connectivity index (χ2n) is 12.5. The van der Waals surface area contributed by atoms with Crippen LogP contribution >= 0.6 is 0 Å². The maximum atomic E-state index is 15.4. The molecule has 1 N–H and O–H groups in total. The zero-order valence-electron chi connectivity index (χ0n) is 23.2. The first-order chi connectivity index (χ1) is 18.5. The van der Waals surface area contributed by atoms with E-state index in [1.165, 1.54) is 11.0 Å². The molecule has 2 atom stereocenters. The third kappa shape index (κ3) is 6.48. The summed E-state index contributed by atoms with van der Waals surface area (Å²) in [5, 5.41) is 3.36. The van der Waals surface area contributed by atoms with Crippen molar-refractivity contribution in [3.05, 3.63) is 29.6 Å². The highest BCUT2D eigenvalue weighted by Crippen LogP contribution is 2.40. The number of ether oxygens (including phenoxy) is 3. The van der Waals surface area contributed by atoms with Gasteiger partial charge in [0.1, 0.15) is 17.2 Å². The summed E-state index contributed by atoms with van der Waals surface area (Å²) in [4.78, 5) is 28.8. The summed E-state index contributed by atoms with van der Waals surface area (Å²) in [6.07, 6.45) is 4.29. The fraction of sp³-hybridized carbons (Fsp3) is 0.724. The van der Waals surface area contributed by atoms with E-state index in [0.29, 0.717) is 24.5 Å². The van der Waals surface area contributed by atoms with Crippen molar-refractivity contribution in [2.45, 2.75) is 94.7 Å². The molecule has 1 aromatic rings. The summed E-state index contributed by atoms with van der Waals surface area (Å²) >= 11 is 0. The number of carbonyl (C=O) groups is 2. The van der Waals surface area contributed by atoms with Crippen LogP contribution in [0.25, 0.3) is 0 Å². The largest absolute Gasteiger partial charge is 0.483 e. The quantitative estimate of drug-likeness (QED) is 0.610. The second kappa shape index (κ2) is 11.2. The van der Waals surface area contributed by atoms with Gasteiger partial charge in [-0.3, -0.25) is 4.79 Å². The number of halogens is 2. The average Bonchev–Trinajstić information content (AvgIpc) is 2.88. The Kier molecular flexibility index (Phi) is 8.06. The van der Waals surface area contributed by atoms with Crippen LogP contribution in [0.15, 0.2) is 18.2 Å². The van der Waals surface area contributed by atoms with E-state index in [1.807, 2.05) is 0 Å². The van der Waals surface area contributed by atoms with Gasteiger partial charge in [-0.15, -0.1) is 0 Å². The van der Waals surface area contributed by atoms with Gasteiger partial charge in [-0.05, 0) is 77.3 Å². The van der Waals surface area contributed by atoms with E-state index >= 15 is 4.39 Å². The molecule has 1 saturated carbocycles. The smallest absolute Gasteiger partial charge is 0.410 e. The van der Waals surface area contributed by atoms with Crippen molar-refractivity contribution in [1.29, 1.82) is 0 Å². The lowest BCUT2D eigenvalue weighted by molar-refractivity contribution is -0.141. The Bertz CT molecular complexity index is 1050. The topological polar surface area (TPSA) is 80.3 Å². The second-order valence-corrected chi connectivity index (χ2v) is 12.5. The molecule has 6 rings (SSSR count). The van der Waals surface area contributed by atoms with E-state index in [-0.39, 0.29) is 62.1 Å². The van der Waals surface area contributed by atoms with E-state index in [0.717, 1.165) is 38.5 Å². The molecular weight excluding hydrogens is 508 g/mol. The summed E-state index contributed by atoms with van der Waals surface area (Å²) in [7, 11) is 0. The third-order valence-corrected chi connectivity index (χ3v) is 8.33. The minimum atomic E-state index is -1.55. The molecule has 0 spiro atoms. The zero-order chi connectivity index (χ0) is 27.8. The maximum Gasteiger partial charge on any atom is 0.410 e. The van der Waals surface area contributed by atoms with Crippen molar-refractivity contribution in [3.63, 3.8) is 0 Å². The van der Waals surface area contributed by atoms with Crippen molar-refractivity contribution in [2.24, 2.45) is 0 Å². The number of rotatable bonds is 3. The lowest BCUT2D eigenvalue weighted by Crippen LogP contribution is -2.67. The molecule has 10 heteroatoms. The standard InChI is InChI=1S/C29H41F2N3O5/c1-28(2,3)39-27(36)33-17-29(31,18-33)16-32-22-7-5-13-34-23(22)14-37-20-11-9-19(10-12-20)26-21(30)6-4-8-24(26)38-15-25(34)35/h4,6,8,19-20,22-23,32H,5,7,9-18H2,1-3H3/t19?,20?,22-,23-/m0/s1. The highest BCUT2D eigenvalue weighted by atomic mass is 19.1. The molecule has 216 valence electrons. The molecule has 4 aliphatic heterocycles. The van der Waals surface area contributed by atoms with Crippen LogP contribution in [0.1, 0.15) is 70.8 Å². The Morgan fingerprint density at radius 1 is 1.18 bits per heavy atom. The third-order valence-electron chi connectivity index (χ3n) is 8.33. The maximum absolute atomic E-state index is 15.4. The molecule has 1 aromatic carbocycles. The number of alkyl halides is 1. The Hall–Kier alpha value is -2.46. The van der Waals surface area contributed by atoms with E-state index in [4.69, 9.17) is 14.2 Å². The van der Waals surface area contributed by atoms with Crippen LogP contribution in [0.4, 0.5) is 13.6 Å². The number of nitrogens with zero attached hydrogens (tertiary/aromatic N) is 2. The van der Waals surface area contributed by atoms with Gasteiger partial charge < -0.3 is 29.3 Å². The molecular formula is C29H41F2N3O5. The van der Waals surface area contributed by atoms with Crippen LogP contribution in [0.2, 0.25) is 0 Å². The summed E-state index contributed by atoms with van der Waals surface area (Å²) in [6, 6.07) is 4.38. The van der Waals surface area contributed by atoms with E-state index in [9.17, 15) is 14.0 Å². The molecule has 0 radical (unpaired) electrons. The number of fused-ring (bicyclic) bond motifs is 5. The number of hydrogen-bond donors (Lipinski definition) is 1. The minimum absolute atomic E-state index is 0.0293. The van der Waals surface area contributed by atoms with Crippen LogP contribution in [0, 0.1) is 5.82 Å². The number of nitrogens with one attached hydrogen (secondary N) is 1. The fourth-order valence-corrected chi connectivity index (χ4v) is 6.34. The van der Waals surface area contributed by atoms with Gasteiger partial charge in [0.05, 0.1) is 31.8 Å². The molecule has 3 fully saturated rings. The van der Waals surface area contributed by atoms with E-state index < -0.39 is 17.4 Å². The summed E-state index contributed by atoms with van der Waals surface area (Å²) in [6.45, 7) is 6.09. The molecule has 8 nitrogen and oxygen atoms in total. The minimum Gasteiger partial charge on any atom is -0.483 e. The van der Waals surface area contributed by atoms with Crippen LogP contribution in [0.5, 0.6) is 5.75 Å². The predicted molar refractivity (Wildman–Crippen MR) is 141 cm³/mol. The number of hydrogen-bond acceptors (Lipinski definition) is 6. The van der Waals surface area contributed by atoms with Crippen molar-refractivity contribution in [3.8, 4) is 5.75 Å². The van der Waals surface area contributed by atoms with Crippen molar-refractivity contribution in [2.75, 3.05) is 39.4 Å². The monoisotopic (exact) mass is 549 g/mol. The van der Waals surface area contributed by atoms with Gasteiger partial charge in [0.25, 0.3) is 5.91 Å². The average molecular weight is 550 g/mol. The SMILES string of the molecule is CC(C)(C)OC(=O)N1CC(F)(CN[C@H]2CCCN3C(=O)COc4cccc(F)c4C4CCC(CC4)OC[C@@H]23)C1. The molecule has 1 aliphatic carbocycles. The highest BCUT2D eigenvalue weighted by molar-refractivity contribution is 5.78. The first kappa shape index (κ1) is 28.1. The lowest BCUT2D eigenvalue weighted by Gasteiger charge is -2.47. The van der Waals surface area contributed by atoms with Gasteiger partial charge >= 0.3 is 6.09 Å². The van der Waals surface area contributed by atoms with Crippen LogP contribution < -0.4 is 10.1 Å². The van der Waals surface area contributed by atoms with E-state index in [1.54, 1.807) is 37.8 Å². The first-order valence-corrected chi connectivity index (χ1v) is 14.2. The normalized spacial score (nSPS) is 29.1. The Balaban J connectivity index is 1.26. The Morgan fingerprint density at radius 2 is 1.92 bits per heavy atom. The van der Waals surface area contributed by atoms with Crippen molar-refractivity contribution >= 4 is 12.0 Å². The van der Waals surface area contributed by atoms with Crippen molar-refractivity contribution < 1.29 is 32.6 Å². The van der Waals surface area contributed by atoms with Crippen molar-refractivity contribution in [1.82, 2.24) is 15.1 Å². The first-order valence-electron chi connectivity index (χ1n) is 14.2. The summed E-state index contributed by atoms with van der Waals surface area (Å²) in [5.41, 5.74) is -1.62. The number of piperidine rings is 1. The molecule has 4 heterocycles. The number of amides is 2. The molecule has 5 aliphatic rings. The Labute approximate surface area is 229 Å². The van der Waals surface area contributed by atoms with Gasteiger partial charge in [-0.1, -0.05) is 6.07 Å². The zero-order valence-corrected chi connectivity index (χ0v) is 23.2. The van der Waals surface area contributed by atoms with E-state index in [2.05, 4.69) is 5.32 Å². The number of likely N-dealkylation sites (tertiary alicyclic amines) is 1. The van der Waals surface area contributed by atoms with Gasteiger partial charge in [0, 0.05) is 24.7 Å². The molecule has 0 aromatic heterocycles. The summed E-state index contributed by atoms with van der Waals surface area (Å²) < 4.78 is 47.9. The number of benzene rings is 1.